The van der Waals surface area contributed by atoms with Gasteiger partial charge in [-0.25, -0.2) is 9.97 Å². The summed E-state index contributed by atoms with van der Waals surface area (Å²) < 4.78 is 5.96. The van der Waals surface area contributed by atoms with Crippen molar-refractivity contribution < 1.29 is 14.3 Å². The minimum atomic E-state index is -1.71. The molecule has 0 aliphatic carbocycles. The first-order valence-electron chi connectivity index (χ1n) is 9.56. The van der Waals surface area contributed by atoms with Crippen LogP contribution in [0.3, 0.4) is 0 Å². The Balaban J connectivity index is 2.24. The molecule has 1 unspecified atom stereocenters. The van der Waals surface area contributed by atoms with Crippen LogP contribution in [0, 0.1) is 0 Å². The zero-order valence-electron chi connectivity index (χ0n) is 17.3. The molecule has 1 aromatic heterocycles. The third kappa shape index (κ3) is 3.46. The van der Waals surface area contributed by atoms with Crippen molar-refractivity contribution in [2.45, 2.75) is 39.3 Å². The van der Waals surface area contributed by atoms with Gasteiger partial charge in [-0.1, -0.05) is 44.2 Å². The fraction of sp³-hybridized carbons (Fsp3) is 0.381. The lowest BCUT2D eigenvalue weighted by atomic mass is 9.96. The van der Waals surface area contributed by atoms with Crippen LogP contribution < -0.4 is 4.90 Å². The maximum atomic E-state index is 13.2. The minimum Gasteiger partial charge on any atom is -0.439 e. The maximum Gasteiger partial charge on any atom is 0.296 e. The normalized spacial score (nSPS) is 18.2. The van der Waals surface area contributed by atoms with Gasteiger partial charge in [0.25, 0.3) is 5.72 Å². The van der Waals surface area contributed by atoms with Crippen LogP contribution in [0.1, 0.15) is 39.2 Å². The van der Waals surface area contributed by atoms with Crippen LogP contribution in [0.4, 0.5) is 5.82 Å². The van der Waals surface area contributed by atoms with Gasteiger partial charge in [0, 0.05) is 45.6 Å². The molecule has 0 bridgehead atoms. The Bertz CT molecular complexity index is 958. The number of ketones is 1. The fourth-order valence-corrected chi connectivity index (χ4v) is 3.28. The van der Waals surface area contributed by atoms with Gasteiger partial charge in [0.05, 0.1) is 5.56 Å². The van der Waals surface area contributed by atoms with Gasteiger partial charge in [0.2, 0.25) is 17.6 Å². The number of hydrogen-bond acceptors (Lipinski definition) is 7. The summed E-state index contributed by atoms with van der Waals surface area (Å²) in [5.74, 6) is 0.630. The average Bonchev–Trinajstić information content (AvgIpc) is 3.10. The van der Waals surface area contributed by atoms with Crippen molar-refractivity contribution in [1.82, 2.24) is 15.0 Å². The molecule has 1 atom stereocenters. The molecule has 1 aliphatic heterocycles. The number of ether oxygens (including phenoxy) is 1. The number of rotatable bonds is 6. The first-order chi connectivity index (χ1) is 13.8. The number of benzene rings is 1. The lowest BCUT2D eigenvalue weighted by Gasteiger charge is -2.35. The van der Waals surface area contributed by atoms with Crippen molar-refractivity contribution in [1.29, 1.82) is 0 Å². The summed E-state index contributed by atoms with van der Waals surface area (Å²) in [5, 5.41) is 5.36. The molecule has 0 N–H and O–H groups in total. The number of anilines is 1. The molecular formula is C21H25N5O3. The van der Waals surface area contributed by atoms with E-state index in [0.29, 0.717) is 17.2 Å². The SMILES string of the molecule is CCC(=O)N1N=C(C)OC1(C(=O)CC)c1cnc(-c2ccccc2)nc1N(C)C. The van der Waals surface area contributed by atoms with Crippen LogP contribution in [-0.4, -0.2) is 46.7 Å². The summed E-state index contributed by atoms with van der Waals surface area (Å²) in [6.45, 7) is 5.06. The molecule has 8 heteroatoms. The predicted molar refractivity (Wildman–Crippen MR) is 110 cm³/mol. The predicted octanol–water partition coefficient (Wildman–Crippen LogP) is 2.94. The number of hydrazone groups is 1. The van der Waals surface area contributed by atoms with E-state index in [9.17, 15) is 9.59 Å². The number of hydrogen-bond donors (Lipinski definition) is 0. The first-order valence-corrected chi connectivity index (χ1v) is 9.56. The van der Waals surface area contributed by atoms with Crippen molar-refractivity contribution in [2.75, 3.05) is 19.0 Å². The van der Waals surface area contributed by atoms with Gasteiger partial charge in [-0.15, -0.1) is 5.10 Å². The van der Waals surface area contributed by atoms with Crippen LogP contribution >= 0.6 is 0 Å². The number of aromatic nitrogens is 2. The number of carbonyl (C=O) groups is 2. The van der Waals surface area contributed by atoms with Gasteiger partial charge in [0.15, 0.2) is 5.82 Å². The first kappa shape index (κ1) is 20.4. The Kier molecular flexibility index (Phi) is 5.63. The van der Waals surface area contributed by atoms with Crippen LogP contribution in [0.15, 0.2) is 41.6 Å². The zero-order valence-corrected chi connectivity index (χ0v) is 17.3. The van der Waals surface area contributed by atoms with E-state index < -0.39 is 5.72 Å². The van der Waals surface area contributed by atoms with E-state index in [1.54, 1.807) is 31.9 Å². The highest BCUT2D eigenvalue weighted by molar-refractivity contribution is 5.97. The average molecular weight is 395 g/mol. The molecule has 29 heavy (non-hydrogen) atoms. The van der Waals surface area contributed by atoms with Crippen LogP contribution in [0.5, 0.6) is 0 Å². The Hall–Kier alpha value is -3.29. The molecule has 152 valence electrons. The van der Waals surface area contributed by atoms with Crippen LogP contribution in [0.2, 0.25) is 0 Å². The summed E-state index contributed by atoms with van der Waals surface area (Å²) in [5.41, 5.74) is -0.475. The fourth-order valence-electron chi connectivity index (χ4n) is 3.28. The monoisotopic (exact) mass is 395 g/mol. The topological polar surface area (TPSA) is 88.0 Å². The summed E-state index contributed by atoms with van der Waals surface area (Å²) in [6.07, 6.45) is 1.89. The Morgan fingerprint density at radius 2 is 1.83 bits per heavy atom. The van der Waals surface area contributed by atoms with E-state index in [-0.39, 0.29) is 30.4 Å². The lowest BCUT2D eigenvalue weighted by molar-refractivity contribution is -0.165. The van der Waals surface area contributed by atoms with Crippen LogP contribution in [-0.2, 0) is 20.1 Å². The van der Waals surface area contributed by atoms with E-state index in [4.69, 9.17) is 4.74 Å². The zero-order chi connectivity index (χ0) is 21.2. The highest BCUT2D eigenvalue weighted by Gasteiger charge is 2.55. The van der Waals surface area contributed by atoms with Gasteiger partial charge in [-0.05, 0) is 0 Å². The molecule has 2 aromatic rings. The number of carbonyl (C=O) groups excluding carboxylic acids is 2. The van der Waals surface area contributed by atoms with E-state index in [1.165, 1.54) is 0 Å². The molecule has 3 rings (SSSR count). The van der Waals surface area contributed by atoms with Crippen molar-refractivity contribution in [3.63, 3.8) is 0 Å². The standard InChI is InChI=1S/C21H25N5O3/c1-6-17(27)21(26(18(28)7-2)24-14(3)29-21)16-13-22-19(23-20(16)25(4)5)15-11-9-8-10-12-15/h8-13H,6-7H2,1-5H3. The summed E-state index contributed by atoms with van der Waals surface area (Å²) >= 11 is 0. The maximum absolute atomic E-state index is 13.2. The van der Waals surface area contributed by atoms with Crippen molar-refractivity contribution in [3.8, 4) is 11.4 Å². The third-order valence-corrected chi connectivity index (χ3v) is 4.66. The van der Waals surface area contributed by atoms with Gasteiger partial charge in [-0.2, -0.15) is 5.01 Å². The minimum absolute atomic E-state index is 0.156. The van der Waals surface area contributed by atoms with E-state index in [0.717, 1.165) is 10.6 Å². The molecule has 8 nitrogen and oxygen atoms in total. The second-order valence-corrected chi connectivity index (χ2v) is 6.89. The van der Waals surface area contributed by atoms with Crippen molar-refractivity contribution in [2.24, 2.45) is 5.10 Å². The molecule has 0 saturated carbocycles. The summed E-state index contributed by atoms with van der Waals surface area (Å²) in [4.78, 5) is 36.8. The molecule has 0 fully saturated rings. The largest absolute Gasteiger partial charge is 0.439 e. The molecule has 0 radical (unpaired) electrons. The molecule has 1 amide bonds. The highest BCUT2D eigenvalue weighted by atomic mass is 16.6. The van der Waals surface area contributed by atoms with Gasteiger partial charge in [0.1, 0.15) is 5.82 Å². The Morgan fingerprint density at radius 1 is 1.14 bits per heavy atom. The highest BCUT2D eigenvalue weighted by Crippen LogP contribution is 2.41. The van der Waals surface area contributed by atoms with Crippen molar-refractivity contribution in [3.05, 3.63) is 42.1 Å². The number of Topliss-reactive ketones (excluding diaryl/α,β-unsaturated/α-hetero) is 1. The second-order valence-electron chi connectivity index (χ2n) is 6.89. The van der Waals surface area contributed by atoms with Crippen molar-refractivity contribution >= 4 is 23.4 Å². The summed E-state index contributed by atoms with van der Waals surface area (Å²) in [6, 6.07) is 9.55. The second kappa shape index (κ2) is 7.98. The van der Waals surface area contributed by atoms with Gasteiger partial charge < -0.3 is 9.64 Å². The van der Waals surface area contributed by atoms with Gasteiger partial charge >= 0.3 is 0 Å². The third-order valence-electron chi connectivity index (χ3n) is 4.66. The number of nitrogens with zero attached hydrogens (tertiary/aromatic N) is 5. The molecule has 1 aliphatic rings. The smallest absolute Gasteiger partial charge is 0.296 e. The molecular weight excluding hydrogens is 370 g/mol. The molecule has 0 saturated heterocycles. The lowest BCUT2D eigenvalue weighted by Crippen LogP contribution is -2.51. The number of amides is 1. The quantitative estimate of drug-likeness (QED) is 0.747. The molecule has 1 aromatic carbocycles. The van der Waals surface area contributed by atoms with Gasteiger partial charge in [-0.3, -0.25) is 9.59 Å². The Labute approximate surface area is 170 Å². The van der Waals surface area contributed by atoms with Crippen LogP contribution in [0.25, 0.3) is 11.4 Å². The van der Waals surface area contributed by atoms with E-state index in [1.807, 2.05) is 44.4 Å². The Morgan fingerprint density at radius 3 is 2.41 bits per heavy atom. The summed E-state index contributed by atoms with van der Waals surface area (Å²) in [7, 11) is 3.64. The van der Waals surface area contributed by atoms with E-state index in [2.05, 4.69) is 15.1 Å². The molecule has 0 spiro atoms. The van der Waals surface area contributed by atoms with E-state index >= 15 is 0 Å². The molecule has 2 heterocycles.